The highest BCUT2D eigenvalue weighted by molar-refractivity contribution is 7.17. The Bertz CT molecular complexity index is 1280. The molecular weight excluding hydrogens is 410 g/mol. The number of aromatic nitrogens is 3. The number of fused-ring (bicyclic) bond motifs is 3. The molecule has 3 heterocycles. The maximum Gasteiger partial charge on any atom is 0.322 e. The molecule has 0 saturated heterocycles. The van der Waals surface area contributed by atoms with Crippen molar-refractivity contribution in [3.05, 3.63) is 64.2 Å². The first-order valence-corrected chi connectivity index (χ1v) is 11.0. The van der Waals surface area contributed by atoms with Gasteiger partial charge < -0.3 is 15.0 Å². The van der Waals surface area contributed by atoms with Crippen LogP contribution in [0.15, 0.2) is 42.5 Å². The predicted octanol–water partition coefficient (Wildman–Crippen LogP) is 4.67. The molecule has 4 aromatic rings. The van der Waals surface area contributed by atoms with Gasteiger partial charge in [0.05, 0.1) is 19.3 Å². The van der Waals surface area contributed by atoms with E-state index >= 15 is 0 Å². The molecule has 158 valence electrons. The molecule has 0 unspecified atom stereocenters. The first-order valence-electron chi connectivity index (χ1n) is 10.2. The lowest BCUT2D eigenvalue weighted by Gasteiger charge is -2.27. The normalized spacial score (nSPS) is 13.3. The molecule has 0 aliphatic carbocycles. The summed E-state index contributed by atoms with van der Waals surface area (Å²) in [6.07, 6.45) is 0.751. The van der Waals surface area contributed by atoms with Gasteiger partial charge in [0.25, 0.3) is 0 Å². The van der Waals surface area contributed by atoms with Gasteiger partial charge in [0, 0.05) is 29.1 Å². The second-order valence-electron chi connectivity index (χ2n) is 7.75. The number of amides is 2. The lowest BCUT2D eigenvalue weighted by molar-refractivity contribution is 0.206. The van der Waals surface area contributed by atoms with Crippen LogP contribution in [0, 0.1) is 13.8 Å². The first-order chi connectivity index (χ1) is 15.0. The molecule has 0 bridgehead atoms. The van der Waals surface area contributed by atoms with Gasteiger partial charge in [-0.1, -0.05) is 23.5 Å². The Hall–Kier alpha value is -3.39. The molecule has 2 aromatic carbocycles. The van der Waals surface area contributed by atoms with Crippen molar-refractivity contribution in [3.8, 4) is 17.1 Å². The summed E-state index contributed by atoms with van der Waals surface area (Å²) in [6.45, 7) is 5.24. The van der Waals surface area contributed by atoms with Gasteiger partial charge in [0.15, 0.2) is 5.82 Å². The van der Waals surface area contributed by atoms with E-state index in [2.05, 4.69) is 5.32 Å². The van der Waals surface area contributed by atoms with Gasteiger partial charge in [0.2, 0.25) is 4.96 Å². The Morgan fingerprint density at radius 2 is 1.97 bits per heavy atom. The van der Waals surface area contributed by atoms with Crippen LogP contribution < -0.4 is 10.1 Å². The van der Waals surface area contributed by atoms with E-state index in [-0.39, 0.29) is 6.03 Å². The van der Waals surface area contributed by atoms with E-state index in [1.807, 2.05) is 65.7 Å². The SMILES string of the molecule is COc1ccc(-c2nc3sc4c(n3n2)CCN(C(=O)Nc2cc(C)ccc2C)C4)cc1. The Morgan fingerprint density at radius 1 is 1.16 bits per heavy atom. The van der Waals surface area contributed by atoms with Crippen LogP contribution in [-0.4, -0.2) is 39.2 Å². The number of aryl methyl sites for hydroxylation is 2. The zero-order valence-corrected chi connectivity index (χ0v) is 18.5. The molecule has 0 fully saturated rings. The van der Waals surface area contributed by atoms with E-state index in [0.717, 1.165) is 50.1 Å². The van der Waals surface area contributed by atoms with Crippen molar-refractivity contribution in [2.24, 2.45) is 0 Å². The second-order valence-corrected chi connectivity index (χ2v) is 8.81. The van der Waals surface area contributed by atoms with Crippen LogP contribution in [0.2, 0.25) is 0 Å². The van der Waals surface area contributed by atoms with Gasteiger partial charge in [-0.3, -0.25) is 0 Å². The summed E-state index contributed by atoms with van der Waals surface area (Å²) in [7, 11) is 1.65. The van der Waals surface area contributed by atoms with Crippen molar-refractivity contribution in [1.29, 1.82) is 0 Å². The Kier molecular flexibility index (Phi) is 4.86. The first kappa shape index (κ1) is 19.6. The lowest BCUT2D eigenvalue weighted by Crippen LogP contribution is -2.38. The number of hydrogen-bond donors (Lipinski definition) is 1. The van der Waals surface area contributed by atoms with Gasteiger partial charge in [-0.2, -0.15) is 4.98 Å². The van der Waals surface area contributed by atoms with Gasteiger partial charge in [0.1, 0.15) is 5.75 Å². The molecule has 2 aromatic heterocycles. The number of carbonyl (C=O) groups excluding carboxylic acids is 1. The third-order valence-electron chi connectivity index (χ3n) is 5.59. The van der Waals surface area contributed by atoms with Crippen molar-refractivity contribution in [3.63, 3.8) is 0 Å². The summed E-state index contributed by atoms with van der Waals surface area (Å²) in [5.74, 6) is 1.51. The standard InChI is InChI=1S/C23H23N5O2S/c1-14-4-5-15(2)18(12-14)24-22(29)27-11-10-19-20(13-27)31-23-25-21(26-28(19)23)16-6-8-17(30-3)9-7-16/h4-9,12H,10-11,13H2,1-3H3,(H,24,29). The molecule has 0 atom stereocenters. The molecule has 8 heteroatoms. The molecule has 31 heavy (non-hydrogen) atoms. The number of rotatable bonds is 3. The maximum atomic E-state index is 12.9. The predicted molar refractivity (Wildman–Crippen MR) is 122 cm³/mol. The van der Waals surface area contributed by atoms with Crippen molar-refractivity contribution < 1.29 is 9.53 Å². The Labute approximate surface area is 184 Å². The van der Waals surface area contributed by atoms with E-state index < -0.39 is 0 Å². The monoisotopic (exact) mass is 433 g/mol. The topological polar surface area (TPSA) is 71.8 Å². The highest BCUT2D eigenvalue weighted by Gasteiger charge is 2.26. The number of carbonyl (C=O) groups is 1. The summed E-state index contributed by atoms with van der Waals surface area (Å²) < 4.78 is 7.15. The van der Waals surface area contributed by atoms with Crippen molar-refractivity contribution >= 4 is 28.0 Å². The molecule has 2 amide bonds. The van der Waals surface area contributed by atoms with E-state index in [0.29, 0.717) is 18.9 Å². The summed E-state index contributed by atoms with van der Waals surface area (Å²) in [5.41, 5.74) is 5.14. The average Bonchev–Trinajstić information content (AvgIpc) is 3.34. The number of ether oxygens (including phenoxy) is 1. The minimum absolute atomic E-state index is 0.0720. The van der Waals surface area contributed by atoms with Gasteiger partial charge >= 0.3 is 6.03 Å². The molecule has 1 aliphatic rings. The summed E-state index contributed by atoms with van der Waals surface area (Å²) in [4.78, 5) is 21.4. The quantitative estimate of drug-likeness (QED) is 0.510. The largest absolute Gasteiger partial charge is 0.497 e. The minimum Gasteiger partial charge on any atom is -0.497 e. The highest BCUT2D eigenvalue weighted by Crippen LogP contribution is 2.30. The van der Waals surface area contributed by atoms with E-state index in [4.69, 9.17) is 14.8 Å². The van der Waals surface area contributed by atoms with Crippen molar-refractivity contribution in [2.75, 3.05) is 19.0 Å². The van der Waals surface area contributed by atoms with Crippen LogP contribution in [0.3, 0.4) is 0 Å². The number of nitrogens with one attached hydrogen (secondary N) is 1. The zero-order chi connectivity index (χ0) is 21.5. The molecule has 0 radical (unpaired) electrons. The van der Waals surface area contributed by atoms with Crippen LogP contribution in [0.4, 0.5) is 10.5 Å². The lowest BCUT2D eigenvalue weighted by atomic mass is 10.1. The molecule has 1 aliphatic heterocycles. The van der Waals surface area contributed by atoms with Crippen LogP contribution in [0.5, 0.6) is 5.75 Å². The van der Waals surface area contributed by atoms with E-state index in [1.54, 1.807) is 18.4 Å². The fourth-order valence-corrected chi connectivity index (χ4v) is 4.91. The smallest absolute Gasteiger partial charge is 0.322 e. The second kappa shape index (κ2) is 7.70. The minimum atomic E-state index is -0.0720. The molecular formula is C23H23N5O2S. The summed E-state index contributed by atoms with van der Waals surface area (Å²) >= 11 is 1.60. The number of methoxy groups -OCH3 is 1. The number of anilines is 1. The summed E-state index contributed by atoms with van der Waals surface area (Å²) in [6, 6.07) is 13.8. The molecule has 1 N–H and O–H groups in total. The number of thiazole rings is 1. The Balaban J connectivity index is 1.35. The van der Waals surface area contributed by atoms with Crippen molar-refractivity contribution in [1.82, 2.24) is 19.5 Å². The van der Waals surface area contributed by atoms with Crippen molar-refractivity contribution in [2.45, 2.75) is 26.8 Å². The highest BCUT2D eigenvalue weighted by atomic mass is 32.1. The molecule has 0 spiro atoms. The van der Waals surface area contributed by atoms with Gasteiger partial charge in [-0.05, 0) is 55.3 Å². The number of nitrogens with zero attached hydrogens (tertiary/aromatic N) is 4. The van der Waals surface area contributed by atoms with Gasteiger partial charge in [-0.15, -0.1) is 5.10 Å². The fraction of sp³-hybridized carbons (Fsp3) is 0.261. The Morgan fingerprint density at radius 3 is 2.74 bits per heavy atom. The number of urea groups is 1. The molecule has 7 nitrogen and oxygen atoms in total. The third-order valence-corrected chi connectivity index (χ3v) is 6.65. The molecule has 5 rings (SSSR count). The van der Waals surface area contributed by atoms with E-state index in [9.17, 15) is 4.79 Å². The van der Waals surface area contributed by atoms with Crippen LogP contribution in [-0.2, 0) is 13.0 Å². The van der Waals surface area contributed by atoms with E-state index in [1.165, 1.54) is 0 Å². The average molecular weight is 434 g/mol. The van der Waals surface area contributed by atoms with Crippen LogP contribution in [0.1, 0.15) is 21.7 Å². The maximum absolute atomic E-state index is 12.9. The zero-order valence-electron chi connectivity index (χ0n) is 17.7. The van der Waals surface area contributed by atoms with Crippen LogP contribution in [0.25, 0.3) is 16.3 Å². The number of benzene rings is 2. The third kappa shape index (κ3) is 3.63. The van der Waals surface area contributed by atoms with Gasteiger partial charge in [-0.25, -0.2) is 9.31 Å². The number of hydrogen-bond acceptors (Lipinski definition) is 5. The molecule has 0 saturated carbocycles. The fourth-order valence-electron chi connectivity index (χ4n) is 3.79. The summed E-state index contributed by atoms with van der Waals surface area (Å²) in [5, 5.41) is 7.79. The van der Waals surface area contributed by atoms with Crippen LogP contribution >= 0.6 is 11.3 Å².